The Kier molecular flexibility index (Phi) is 13.6. The summed E-state index contributed by atoms with van der Waals surface area (Å²) in [7, 11) is 0. The van der Waals surface area contributed by atoms with Crippen LogP contribution in [0, 0.1) is 91.7 Å². The average molecular weight is 1150 g/mol. The van der Waals surface area contributed by atoms with Crippen molar-refractivity contribution in [1.82, 2.24) is 15.5 Å². The van der Waals surface area contributed by atoms with E-state index in [9.17, 15) is 15.0 Å². The Morgan fingerprint density at radius 1 is 0.667 bits per heavy atom. The number of carbonyl (C=O) groups excluding carboxylic acids is 1. The highest BCUT2D eigenvalue weighted by molar-refractivity contribution is 5.79. The van der Waals surface area contributed by atoms with Crippen LogP contribution in [0.3, 0.4) is 0 Å². The SMILES string of the molecule is CCNCC.C[C@@H]1CN[C@H]2[C@@H](C)[C@@]3(CC[C@H]4[C@@H]5CC=C6C[C@@H](O)CC[C@]6(C)[C@H]5CC45CC53C)O[C@@H]2C1.C[C@H]1C[C@H]2O[C@]3(CC[C@H]4[C@@H]5CC=C6C[C@@H](O)CC[C@]6(C)[C@H]5CC45CC53C)[C@H](C)[C@@H]2N(C(=O)OCC2c3ccccc3-c3ccccc32)C1. The number of allylic oxidation sites excluding steroid dienone is 2. The van der Waals surface area contributed by atoms with Gasteiger partial charge in [-0.05, 0) is 226 Å². The number of aliphatic hydroxyl groups excluding tert-OH is 2. The second-order valence-corrected chi connectivity index (χ2v) is 32.8. The maximum atomic E-state index is 14.2. The minimum absolute atomic E-state index is 0.0668. The zero-order chi connectivity index (χ0) is 58.3. The topological polar surface area (TPSA) is 113 Å². The summed E-state index contributed by atoms with van der Waals surface area (Å²) < 4.78 is 21.0. The number of ether oxygens (including phenoxy) is 3. The van der Waals surface area contributed by atoms with E-state index in [0.29, 0.717) is 52.2 Å². The highest BCUT2D eigenvalue weighted by atomic mass is 16.6. The number of amides is 1. The van der Waals surface area contributed by atoms with Crippen molar-refractivity contribution in [1.29, 1.82) is 0 Å². The van der Waals surface area contributed by atoms with Gasteiger partial charge in [-0.3, -0.25) is 0 Å². The number of aliphatic hydroxyl groups is 2. The maximum absolute atomic E-state index is 14.2. The molecule has 4 saturated heterocycles. The monoisotopic (exact) mass is 1150 g/mol. The Hall–Kier alpha value is -3.05. The summed E-state index contributed by atoms with van der Waals surface area (Å²) >= 11 is 0. The third kappa shape index (κ3) is 7.74. The second-order valence-electron chi connectivity index (χ2n) is 32.8. The van der Waals surface area contributed by atoms with E-state index < -0.39 is 0 Å². The normalized spacial score (nSPS) is 50.7. The average Bonchev–Trinajstić information content (AvgIpc) is 1.47. The fourth-order valence-electron chi connectivity index (χ4n) is 25.5. The Morgan fingerprint density at radius 3 is 1.71 bits per heavy atom. The van der Waals surface area contributed by atoms with E-state index in [1.54, 1.807) is 11.1 Å². The van der Waals surface area contributed by atoms with Gasteiger partial charge in [-0.25, -0.2) is 4.79 Å². The quantitative estimate of drug-likeness (QED) is 0.224. The van der Waals surface area contributed by atoms with E-state index in [1.165, 1.54) is 92.9 Å². The van der Waals surface area contributed by atoms with Gasteiger partial charge in [0, 0.05) is 41.2 Å². The van der Waals surface area contributed by atoms with E-state index in [0.717, 1.165) is 113 Å². The molecule has 12 fully saturated rings. The van der Waals surface area contributed by atoms with Gasteiger partial charge in [-0.1, -0.05) is 141 Å². The summed E-state index contributed by atoms with van der Waals surface area (Å²) in [5, 5.41) is 27.9. The van der Waals surface area contributed by atoms with Crippen molar-refractivity contribution in [2.24, 2.45) is 91.7 Å². The Labute approximate surface area is 505 Å². The number of hydrogen-bond donors (Lipinski definition) is 4. The van der Waals surface area contributed by atoms with Crippen LogP contribution in [0.5, 0.6) is 0 Å². The van der Waals surface area contributed by atoms with E-state index >= 15 is 0 Å². The van der Waals surface area contributed by atoms with E-state index in [-0.39, 0.29) is 64.3 Å². The van der Waals surface area contributed by atoms with E-state index in [4.69, 9.17) is 14.2 Å². The van der Waals surface area contributed by atoms with Crippen molar-refractivity contribution >= 4 is 6.09 Å². The maximum Gasteiger partial charge on any atom is 0.410 e. The number of fused-ring (bicyclic) bond motifs is 15. The summed E-state index contributed by atoms with van der Waals surface area (Å²) in [6.07, 6.45) is 26.6. The van der Waals surface area contributed by atoms with Gasteiger partial charge in [0.1, 0.15) is 6.61 Å². The van der Waals surface area contributed by atoms with Crippen LogP contribution in [0.25, 0.3) is 11.1 Å². The molecular formula is C75H107N3O6. The molecule has 2 aromatic rings. The van der Waals surface area contributed by atoms with Crippen LogP contribution in [0.1, 0.15) is 202 Å². The number of benzene rings is 2. The zero-order valence-electron chi connectivity index (χ0n) is 53.3. The van der Waals surface area contributed by atoms with Gasteiger partial charge < -0.3 is 40.0 Å². The first kappa shape index (κ1) is 57.4. The molecule has 15 aliphatic rings. The number of likely N-dealkylation sites (tertiary alicyclic amines) is 1. The predicted molar refractivity (Wildman–Crippen MR) is 333 cm³/mol. The van der Waals surface area contributed by atoms with Crippen LogP contribution in [0.15, 0.2) is 71.8 Å². The molecule has 2 aromatic carbocycles. The molecule has 4 aliphatic heterocycles. The smallest absolute Gasteiger partial charge is 0.410 e. The standard InChI is InChI=1S/C43H53NO4.C28H43NO2.C4H11N/c1-25-19-37-38(44(22-25)39(46)47-23-34-31-11-7-5-9-29(31)30-10-6-8-12-32(30)34)26(2)43(48-37)18-16-35-33-14-13-27-20-28(45)15-17-40(27,3)36(33)21-42(35)24-41(42,43)4;1-16-11-23-24(29-14-16)17(2)28(31-23)10-8-21-20-6-5-18-12-19(30)7-9-25(18,3)22(20)13-27(21)15-26(27,28)4;1-3-5-4-2/h5-13,25-26,28,33-38,45H,14-24H2,1-4H3;5,16-17,19-24,29-30H,6-15H2,1-4H3;5H,3-4H2,1-2H3/t25-,26+,28-,33-,35-,36-,37+,38-,40-,41?,42?,43+;16-,17+,19-,20-,21-,22-,23+,24-,25-,26?,27?,28+;/m00./s1. The molecular weight excluding hydrogens is 1040 g/mol. The summed E-state index contributed by atoms with van der Waals surface area (Å²) in [5.41, 5.74) is 10.1. The van der Waals surface area contributed by atoms with Crippen LogP contribution in [0.4, 0.5) is 4.79 Å². The molecule has 9 nitrogen and oxygen atoms in total. The lowest BCUT2D eigenvalue weighted by molar-refractivity contribution is -0.147. The summed E-state index contributed by atoms with van der Waals surface area (Å²) in [4.78, 5) is 16.3. The number of carbonyl (C=O) groups is 1. The number of nitrogens with one attached hydrogen (secondary N) is 2. The molecule has 8 saturated carbocycles. The molecule has 4 spiro atoms. The third-order valence-corrected chi connectivity index (χ3v) is 29.7. The highest BCUT2D eigenvalue weighted by Crippen LogP contribution is 2.89. The van der Waals surface area contributed by atoms with Crippen LogP contribution in [0.2, 0.25) is 0 Å². The lowest BCUT2D eigenvalue weighted by atomic mass is 9.56. The van der Waals surface area contributed by atoms with Gasteiger partial charge in [0.25, 0.3) is 0 Å². The van der Waals surface area contributed by atoms with Gasteiger partial charge in [-0.15, -0.1) is 0 Å². The molecule has 9 heteroatoms. The molecule has 4 heterocycles. The number of hydrogen-bond acceptors (Lipinski definition) is 8. The molecule has 1 amide bonds. The lowest BCUT2D eigenvalue weighted by Crippen LogP contribution is -2.56. The first-order valence-corrected chi connectivity index (χ1v) is 34.9. The van der Waals surface area contributed by atoms with Crippen molar-refractivity contribution in [3.05, 3.63) is 83.0 Å². The highest BCUT2D eigenvalue weighted by Gasteiger charge is 2.86. The molecule has 4 N–H and O–H groups in total. The number of piperidine rings is 2. The van der Waals surface area contributed by atoms with E-state index in [1.807, 2.05) is 0 Å². The van der Waals surface area contributed by atoms with Crippen molar-refractivity contribution in [3.63, 3.8) is 0 Å². The zero-order valence-corrected chi connectivity index (χ0v) is 53.3. The fraction of sp³-hybridized carbons (Fsp3) is 0.773. The Balaban J connectivity index is 0.000000143. The summed E-state index contributed by atoms with van der Waals surface area (Å²) in [6, 6.07) is 17.8. The fourth-order valence-corrected chi connectivity index (χ4v) is 25.5. The minimum atomic E-state index is -0.182. The first-order chi connectivity index (χ1) is 40.3. The van der Waals surface area contributed by atoms with Gasteiger partial charge in [0.15, 0.2) is 0 Å². The third-order valence-electron chi connectivity index (χ3n) is 29.7. The van der Waals surface area contributed by atoms with Crippen LogP contribution in [-0.2, 0) is 14.2 Å². The minimum Gasteiger partial charge on any atom is -0.448 e. The molecule has 84 heavy (non-hydrogen) atoms. The van der Waals surface area contributed by atoms with Crippen LogP contribution < -0.4 is 10.6 Å². The van der Waals surface area contributed by atoms with Gasteiger partial charge in [0.2, 0.25) is 0 Å². The van der Waals surface area contributed by atoms with Crippen molar-refractivity contribution in [3.8, 4) is 11.1 Å². The molecule has 17 rings (SSSR count). The van der Waals surface area contributed by atoms with Crippen molar-refractivity contribution in [2.75, 3.05) is 32.8 Å². The summed E-state index contributed by atoms with van der Waals surface area (Å²) in [5.74, 6) is 6.97. The van der Waals surface area contributed by atoms with Crippen molar-refractivity contribution in [2.45, 2.75) is 238 Å². The second kappa shape index (κ2) is 20.0. The summed E-state index contributed by atoms with van der Waals surface area (Å²) in [6.45, 7) is 28.6. The molecule has 0 aromatic heterocycles. The van der Waals surface area contributed by atoms with Gasteiger partial charge >= 0.3 is 6.09 Å². The van der Waals surface area contributed by atoms with Crippen molar-refractivity contribution < 1.29 is 29.2 Å². The Morgan fingerprint density at radius 2 is 1.18 bits per heavy atom. The molecule has 0 bridgehead atoms. The molecule has 0 radical (unpaired) electrons. The van der Waals surface area contributed by atoms with Crippen LogP contribution >= 0.6 is 0 Å². The van der Waals surface area contributed by atoms with Gasteiger partial charge in [0.05, 0.1) is 41.7 Å². The largest absolute Gasteiger partial charge is 0.448 e. The lowest BCUT2D eigenvalue weighted by Gasteiger charge is -2.50. The predicted octanol–water partition coefficient (Wildman–Crippen LogP) is 14.4. The Bertz CT molecular complexity index is 2930. The number of rotatable bonds is 4. The molecule has 24 atom stereocenters. The molecule has 458 valence electrons. The first-order valence-electron chi connectivity index (χ1n) is 34.9. The van der Waals surface area contributed by atoms with Gasteiger partial charge in [-0.2, -0.15) is 0 Å². The van der Waals surface area contributed by atoms with Crippen LogP contribution in [-0.4, -0.2) is 102 Å². The number of nitrogens with zero attached hydrogens (tertiary/aromatic N) is 1. The molecule has 11 aliphatic carbocycles. The molecule has 4 unspecified atom stereocenters. The van der Waals surface area contributed by atoms with E-state index in [2.05, 4.69) is 145 Å².